The maximum atomic E-state index is 11.7. The number of carboxylic acids is 1. The lowest BCUT2D eigenvalue weighted by Crippen LogP contribution is -2.63. The van der Waals surface area contributed by atoms with Crippen LogP contribution >= 0.6 is 0 Å². The van der Waals surface area contributed by atoms with Gasteiger partial charge < -0.3 is 14.9 Å². The van der Waals surface area contributed by atoms with E-state index in [-0.39, 0.29) is 17.9 Å². The van der Waals surface area contributed by atoms with Crippen LogP contribution in [0.5, 0.6) is 0 Å². The Bertz CT molecular complexity index is 487. The molecule has 4 unspecified atom stereocenters. The zero-order valence-corrected chi connectivity index (χ0v) is 11.4. The third kappa shape index (κ3) is 1.95. The fourth-order valence-electron chi connectivity index (χ4n) is 5.27. The molecule has 0 saturated heterocycles. The number of carbonyl (C=O) groups excluding carboxylic acids is 1. The summed E-state index contributed by atoms with van der Waals surface area (Å²) in [6.45, 7) is 3.55. The number of hydrogen-bond acceptors (Lipinski definition) is 4. The molecule has 4 saturated carbocycles. The van der Waals surface area contributed by atoms with Gasteiger partial charge in [0.1, 0.15) is 0 Å². The van der Waals surface area contributed by atoms with Crippen LogP contribution in [0.4, 0.5) is 0 Å². The van der Waals surface area contributed by atoms with Crippen molar-refractivity contribution in [3.63, 3.8) is 0 Å². The molecule has 0 heterocycles. The number of aliphatic carboxylic acids is 1. The molecule has 2 N–H and O–H groups in total. The van der Waals surface area contributed by atoms with E-state index in [2.05, 4.69) is 6.58 Å². The van der Waals surface area contributed by atoms with Crippen molar-refractivity contribution in [2.45, 2.75) is 44.1 Å². The van der Waals surface area contributed by atoms with Gasteiger partial charge in [0.25, 0.3) is 0 Å². The molecular formula is C15H20O5. The van der Waals surface area contributed by atoms with Gasteiger partial charge in [-0.1, -0.05) is 6.58 Å². The van der Waals surface area contributed by atoms with E-state index in [0.29, 0.717) is 32.1 Å². The minimum atomic E-state index is -0.904. The molecule has 5 heteroatoms. The highest BCUT2D eigenvalue weighted by Crippen LogP contribution is 2.66. The molecular weight excluding hydrogens is 260 g/mol. The van der Waals surface area contributed by atoms with Crippen LogP contribution in [0, 0.1) is 16.7 Å². The smallest absolute Gasteiger partial charge is 0.330 e. The van der Waals surface area contributed by atoms with E-state index in [1.807, 2.05) is 0 Å². The minimum Gasteiger partial charge on any atom is -0.481 e. The van der Waals surface area contributed by atoms with Crippen molar-refractivity contribution in [2.24, 2.45) is 16.7 Å². The third-order valence-electron chi connectivity index (χ3n) is 5.30. The van der Waals surface area contributed by atoms with Gasteiger partial charge in [0.15, 0.2) is 0 Å². The maximum Gasteiger partial charge on any atom is 0.330 e. The predicted octanol–water partition coefficient (Wildman–Crippen LogP) is 1.50. The van der Waals surface area contributed by atoms with E-state index in [1.54, 1.807) is 0 Å². The number of ether oxygens (including phenoxy) is 1. The van der Waals surface area contributed by atoms with Gasteiger partial charge in [-0.15, -0.1) is 0 Å². The molecule has 4 bridgehead atoms. The van der Waals surface area contributed by atoms with Crippen LogP contribution in [0.25, 0.3) is 0 Å². The Balaban J connectivity index is 1.87. The number of rotatable bonds is 4. The van der Waals surface area contributed by atoms with Gasteiger partial charge >= 0.3 is 11.9 Å². The SMILES string of the molecule is C=CC(=O)OCC12CC3CC(O)(C1)CC(C(=O)O)(C3)C2. The third-order valence-corrected chi connectivity index (χ3v) is 5.30. The average molecular weight is 280 g/mol. The summed E-state index contributed by atoms with van der Waals surface area (Å²) < 4.78 is 5.18. The molecule has 0 aliphatic heterocycles. The van der Waals surface area contributed by atoms with Crippen molar-refractivity contribution in [1.82, 2.24) is 0 Å². The molecule has 0 amide bonds. The first kappa shape index (κ1) is 13.6. The Morgan fingerprint density at radius 1 is 1.25 bits per heavy atom. The van der Waals surface area contributed by atoms with E-state index in [0.717, 1.165) is 12.5 Å². The van der Waals surface area contributed by atoms with Crippen LogP contribution < -0.4 is 0 Å². The Labute approximate surface area is 117 Å². The summed E-state index contributed by atoms with van der Waals surface area (Å²) in [7, 11) is 0. The second kappa shape index (κ2) is 4.07. The quantitative estimate of drug-likeness (QED) is 0.602. The Morgan fingerprint density at radius 3 is 2.60 bits per heavy atom. The van der Waals surface area contributed by atoms with Crippen LogP contribution in [0.2, 0.25) is 0 Å². The highest BCUT2D eigenvalue weighted by molar-refractivity contribution is 5.81. The summed E-state index contributed by atoms with van der Waals surface area (Å²) in [6, 6.07) is 0. The van der Waals surface area contributed by atoms with E-state index in [1.165, 1.54) is 0 Å². The number of carboxylic acid groups (broad SMARTS) is 1. The van der Waals surface area contributed by atoms with Gasteiger partial charge in [0.2, 0.25) is 0 Å². The first-order valence-electron chi connectivity index (χ1n) is 7.06. The first-order valence-corrected chi connectivity index (χ1v) is 7.06. The average Bonchev–Trinajstić information content (AvgIpc) is 2.33. The first-order chi connectivity index (χ1) is 9.30. The van der Waals surface area contributed by atoms with Crippen LogP contribution in [0.3, 0.4) is 0 Å². The zero-order chi connectivity index (χ0) is 14.6. The van der Waals surface area contributed by atoms with Crippen LogP contribution in [0.15, 0.2) is 12.7 Å². The summed E-state index contributed by atoms with van der Waals surface area (Å²) >= 11 is 0. The highest BCUT2D eigenvalue weighted by Gasteiger charge is 2.65. The molecule has 4 aliphatic rings. The molecule has 4 atom stereocenters. The fraction of sp³-hybridized carbons (Fsp3) is 0.733. The van der Waals surface area contributed by atoms with E-state index >= 15 is 0 Å². The fourth-order valence-corrected chi connectivity index (χ4v) is 5.27. The lowest BCUT2D eigenvalue weighted by atomic mass is 9.43. The normalized spacial score (nSPS) is 45.1. The molecule has 0 aromatic carbocycles. The van der Waals surface area contributed by atoms with Gasteiger partial charge in [-0.2, -0.15) is 0 Å². The monoisotopic (exact) mass is 280 g/mol. The largest absolute Gasteiger partial charge is 0.481 e. The Morgan fingerprint density at radius 2 is 2.00 bits per heavy atom. The van der Waals surface area contributed by atoms with Crippen LogP contribution in [-0.4, -0.2) is 34.4 Å². The number of hydrogen-bond donors (Lipinski definition) is 2. The minimum absolute atomic E-state index is 0.186. The Hall–Kier alpha value is -1.36. The Kier molecular flexibility index (Phi) is 2.77. The van der Waals surface area contributed by atoms with E-state index < -0.39 is 23.0 Å². The maximum absolute atomic E-state index is 11.7. The van der Waals surface area contributed by atoms with Crippen LogP contribution in [-0.2, 0) is 14.3 Å². The summed E-state index contributed by atoms with van der Waals surface area (Å²) in [4.78, 5) is 23.0. The number of esters is 1. The predicted molar refractivity (Wildman–Crippen MR) is 69.8 cm³/mol. The van der Waals surface area contributed by atoms with Crippen molar-refractivity contribution in [1.29, 1.82) is 0 Å². The van der Waals surface area contributed by atoms with Gasteiger partial charge in [0.05, 0.1) is 17.6 Å². The molecule has 4 fully saturated rings. The van der Waals surface area contributed by atoms with Crippen molar-refractivity contribution in [2.75, 3.05) is 6.61 Å². The highest BCUT2D eigenvalue weighted by atomic mass is 16.5. The molecule has 20 heavy (non-hydrogen) atoms. The second-order valence-electron chi connectivity index (χ2n) is 7.13. The number of aliphatic hydroxyl groups is 1. The molecule has 4 rings (SSSR count). The van der Waals surface area contributed by atoms with Crippen LogP contribution in [0.1, 0.15) is 38.5 Å². The lowest BCUT2D eigenvalue weighted by molar-refractivity contribution is -0.222. The van der Waals surface area contributed by atoms with E-state index in [9.17, 15) is 19.8 Å². The zero-order valence-electron chi connectivity index (χ0n) is 11.4. The van der Waals surface area contributed by atoms with E-state index in [4.69, 9.17) is 4.74 Å². The van der Waals surface area contributed by atoms with Gasteiger partial charge in [-0.3, -0.25) is 4.79 Å². The molecule has 0 spiro atoms. The van der Waals surface area contributed by atoms with Crippen molar-refractivity contribution < 1.29 is 24.5 Å². The summed E-state index contributed by atoms with van der Waals surface area (Å²) in [5, 5.41) is 20.3. The molecule has 0 aromatic rings. The van der Waals surface area contributed by atoms with Gasteiger partial charge in [-0.25, -0.2) is 4.79 Å². The molecule has 4 aliphatic carbocycles. The second-order valence-corrected chi connectivity index (χ2v) is 7.13. The lowest BCUT2D eigenvalue weighted by Gasteiger charge is -2.63. The van der Waals surface area contributed by atoms with Crippen molar-refractivity contribution in [3.8, 4) is 0 Å². The molecule has 5 nitrogen and oxygen atoms in total. The standard InChI is InChI=1S/C15H20O5/c1-2-11(16)20-9-13-3-10-4-14(6-13,12(17)18)8-15(19,5-10)7-13/h2,10,19H,1,3-9H2,(H,17,18). The summed E-state index contributed by atoms with van der Waals surface area (Å²) in [5.41, 5.74) is -2.13. The number of carbonyl (C=O) groups is 2. The van der Waals surface area contributed by atoms with Crippen molar-refractivity contribution >= 4 is 11.9 Å². The van der Waals surface area contributed by atoms with Gasteiger partial charge in [-0.05, 0) is 44.4 Å². The molecule has 0 radical (unpaired) electrons. The topological polar surface area (TPSA) is 83.8 Å². The summed E-state index contributed by atoms with van der Waals surface area (Å²) in [5.74, 6) is -1.09. The molecule has 0 aromatic heterocycles. The molecule has 110 valence electrons. The van der Waals surface area contributed by atoms with Crippen molar-refractivity contribution in [3.05, 3.63) is 12.7 Å². The van der Waals surface area contributed by atoms with Gasteiger partial charge in [0, 0.05) is 11.5 Å². The summed E-state index contributed by atoms with van der Waals surface area (Å²) in [6.07, 6.45) is 4.65.